The van der Waals surface area contributed by atoms with Gasteiger partial charge in [0.25, 0.3) is 0 Å². The molecule has 2 aromatic carbocycles. The molecule has 1 aliphatic heterocycles. The Morgan fingerprint density at radius 3 is 2.55 bits per heavy atom. The van der Waals surface area contributed by atoms with Crippen molar-refractivity contribution in [3.05, 3.63) is 65.7 Å². The summed E-state index contributed by atoms with van der Waals surface area (Å²) in [5.41, 5.74) is 2.72. The monoisotopic (exact) mass is 621 g/mol. The van der Waals surface area contributed by atoms with Crippen molar-refractivity contribution < 1.29 is 23.9 Å². The number of para-hydroxylation sites is 1. The summed E-state index contributed by atoms with van der Waals surface area (Å²) in [5, 5.41) is 6.85. The van der Waals surface area contributed by atoms with E-state index in [1.54, 1.807) is 6.92 Å². The molecule has 0 aliphatic carbocycles. The highest BCUT2D eigenvalue weighted by molar-refractivity contribution is 7.17. The molecule has 0 saturated carbocycles. The first kappa shape index (κ1) is 32.9. The zero-order valence-electron chi connectivity index (χ0n) is 25.6. The summed E-state index contributed by atoms with van der Waals surface area (Å²) in [6.07, 6.45) is 5.72. The first-order valence-corrected chi connectivity index (χ1v) is 16.2. The second-order valence-corrected chi connectivity index (χ2v) is 11.8. The number of nitrogens with zero attached hydrogens (tertiary/aromatic N) is 3. The second kappa shape index (κ2) is 17.4. The minimum absolute atomic E-state index is 0.126. The predicted molar refractivity (Wildman–Crippen MR) is 174 cm³/mol. The van der Waals surface area contributed by atoms with Crippen LogP contribution in [0.25, 0.3) is 11.1 Å². The van der Waals surface area contributed by atoms with Gasteiger partial charge in [-0.15, -0.1) is 0 Å². The molecule has 0 unspecified atom stereocenters. The maximum Gasteiger partial charge on any atom is 0.411 e. The van der Waals surface area contributed by atoms with Gasteiger partial charge in [0.1, 0.15) is 11.0 Å². The Labute approximate surface area is 263 Å². The van der Waals surface area contributed by atoms with Gasteiger partial charge >= 0.3 is 12.1 Å². The lowest BCUT2D eigenvalue weighted by molar-refractivity contribution is -0.130. The van der Waals surface area contributed by atoms with E-state index in [4.69, 9.17) is 9.47 Å². The fraction of sp³-hybridized carbons (Fsp3) is 0.455. The van der Waals surface area contributed by atoms with Gasteiger partial charge in [0.15, 0.2) is 5.13 Å². The molecule has 0 atom stereocenters. The molecule has 10 nitrogen and oxygen atoms in total. The van der Waals surface area contributed by atoms with Gasteiger partial charge < -0.3 is 24.6 Å². The molecule has 4 rings (SSSR count). The van der Waals surface area contributed by atoms with Crippen LogP contribution in [0.5, 0.6) is 0 Å². The molecule has 1 saturated heterocycles. The zero-order valence-corrected chi connectivity index (χ0v) is 26.4. The Bertz CT molecular complexity index is 1340. The van der Waals surface area contributed by atoms with Crippen molar-refractivity contribution in [1.29, 1.82) is 0 Å². The number of aromatic nitrogens is 1. The lowest BCUT2D eigenvalue weighted by Crippen LogP contribution is -2.42. The van der Waals surface area contributed by atoms with E-state index in [1.807, 2.05) is 66.5 Å². The van der Waals surface area contributed by atoms with Gasteiger partial charge in [0, 0.05) is 51.8 Å². The van der Waals surface area contributed by atoms with Crippen LogP contribution in [-0.4, -0.2) is 85.2 Å². The SMILES string of the molecule is CCOC(=O)c1cnc(NCCCCCC(=O)N(C)CCN2CCC(OC(=O)Nc3ccccc3-c3ccccc3)CC2)s1. The van der Waals surface area contributed by atoms with E-state index in [-0.39, 0.29) is 18.0 Å². The summed E-state index contributed by atoms with van der Waals surface area (Å²) in [7, 11) is 1.86. The van der Waals surface area contributed by atoms with E-state index in [9.17, 15) is 14.4 Å². The standard InChI is InChI=1S/C33H43N5O5S/c1-3-42-31(40)29-24-35-32(44-29)34-19-11-5-8-16-30(39)37(2)22-23-38-20-17-26(18-21-38)43-33(41)36-28-15-10-9-14-27(28)25-12-6-4-7-13-25/h4,6-7,9-10,12-15,24,26H,3,5,8,11,16-23H2,1-2H3,(H,34,35)(H,36,41). The minimum atomic E-state index is -0.431. The van der Waals surface area contributed by atoms with Crippen molar-refractivity contribution in [2.45, 2.75) is 51.6 Å². The van der Waals surface area contributed by atoms with Crippen molar-refractivity contribution >= 4 is 40.1 Å². The van der Waals surface area contributed by atoms with E-state index in [0.29, 0.717) is 29.6 Å². The highest BCUT2D eigenvalue weighted by Crippen LogP contribution is 2.28. The highest BCUT2D eigenvalue weighted by atomic mass is 32.1. The van der Waals surface area contributed by atoms with Crippen LogP contribution in [0.2, 0.25) is 0 Å². The quantitative estimate of drug-likeness (QED) is 0.154. The fourth-order valence-corrected chi connectivity index (χ4v) is 5.77. The number of anilines is 2. The van der Waals surface area contributed by atoms with Crippen molar-refractivity contribution in [3.8, 4) is 11.1 Å². The highest BCUT2D eigenvalue weighted by Gasteiger charge is 2.23. The topological polar surface area (TPSA) is 113 Å². The smallest absolute Gasteiger partial charge is 0.411 e. The Morgan fingerprint density at radius 2 is 1.77 bits per heavy atom. The number of nitrogens with one attached hydrogen (secondary N) is 2. The first-order valence-electron chi connectivity index (χ1n) is 15.4. The molecular formula is C33H43N5O5S. The van der Waals surface area contributed by atoms with Gasteiger partial charge in [-0.25, -0.2) is 14.6 Å². The van der Waals surface area contributed by atoms with Crippen LogP contribution in [-0.2, 0) is 14.3 Å². The number of rotatable bonds is 15. The average molecular weight is 622 g/mol. The third-order valence-electron chi connectivity index (χ3n) is 7.56. The number of hydrogen-bond acceptors (Lipinski definition) is 9. The summed E-state index contributed by atoms with van der Waals surface area (Å²) < 4.78 is 10.7. The molecule has 1 fully saturated rings. The van der Waals surface area contributed by atoms with Gasteiger partial charge in [0.05, 0.1) is 18.5 Å². The van der Waals surface area contributed by atoms with Crippen LogP contribution in [0.3, 0.4) is 0 Å². The normalized spacial score (nSPS) is 13.7. The Hall–Kier alpha value is -3.96. The van der Waals surface area contributed by atoms with Crippen LogP contribution in [0.15, 0.2) is 60.8 Å². The molecule has 2 amide bonds. The summed E-state index contributed by atoms with van der Waals surface area (Å²) >= 11 is 1.29. The third-order valence-corrected chi connectivity index (χ3v) is 8.50. The fourth-order valence-electron chi connectivity index (χ4n) is 5.04. The summed E-state index contributed by atoms with van der Waals surface area (Å²) in [5.74, 6) is -0.191. The summed E-state index contributed by atoms with van der Waals surface area (Å²) in [6, 6.07) is 17.7. The van der Waals surface area contributed by atoms with E-state index >= 15 is 0 Å². The van der Waals surface area contributed by atoms with Gasteiger partial charge in [-0.2, -0.15) is 0 Å². The predicted octanol–water partition coefficient (Wildman–Crippen LogP) is 6.13. The largest absolute Gasteiger partial charge is 0.462 e. The van der Waals surface area contributed by atoms with Crippen LogP contribution in [0.1, 0.15) is 55.1 Å². The number of benzene rings is 2. The molecule has 11 heteroatoms. The lowest BCUT2D eigenvalue weighted by atomic mass is 10.0. The van der Waals surface area contributed by atoms with Crippen molar-refractivity contribution in [3.63, 3.8) is 0 Å². The van der Waals surface area contributed by atoms with Crippen LogP contribution in [0.4, 0.5) is 15.6 Å². The lowest BCUT2D eigenvalue weighted by Gasteiger charge is -2.32. The number of carbonyl (C=O) groups is 3. The molecule has 3 aromatic rings. The van der Waals surface area contributed by atoms with E-state index in [2.05, 4.69) is 20.5 Å². The number of unbranched alkanes of at least 4 members (excludes halogenated alkanes) is 2. The maximum atomic E-state index is 12.7. The molecule has 0 bridgehead atoms. The summed E-state index contributed by atoms with van der Waals surface area (Å²) in [4.78, 5) is 45.8. The first-order chi connectivity index (χ1) is 21.4. The minimum Gasteiger partial charge on any atom is -0.462 e. The molecule has 1 aromatic heterocycles. The van der Waals surface area contributed by atoms with Crippen LogP contribution in [0, 0.1) is 0 Å². The zero-order chi connectivity index (χ0) is 31.1. The number of likely N-dealkylation sites (tertiary alicyclic amines) is 1. The summed E-state index contributed by atoms with van der Waals surface area (Å²) in [6.45, 7) is 5.99. The maximum absolute atomic E-state index is 12.7. The van der Waals surface area contributed by atoms with Crippen LogP contribution < -0.4 is 10.6 Å². The molecule has 44 heavy (non-hydrogen) atoms. The molecule has 236 valence electrons. The molecule has 1 aliphatic rings. The Balaban J connectivity index is 1.06. The van der Waals surface area contributed by atoms with Crippen molar-refractivity contribution in [2.75, 3.05) is 57.0 Å². The number of amides is 2. The molecule has 2 heterocycles. The molecule has 0 radical (unpaired) electrons. The van der Waals surface area contributed by atoms with E-state index in [0.717, 1.165) is 75.1 Å². The van der Waals surface area contributed by atoms with Crippen LogP contribution >= 0.6 is 11.3 Å². The number of esters is 1. The number of thiazole rings is 1. The molecule has 2 N–H and O–H groups in total. The van der Waals surface area contributed by atoms with E-state index < -0.39 is 6.09 Å². The Kier molecular flexibility index (Phi) is 13.0. The number of carbonyl (C=O) groups excluding carboxylic acids is 3. The van der Waals surface area contributed by atoms with E-state index in [1.165, 1.54) is 17.5 Å². The third kappa shape index (κ3) is 10.3. The Morgan fingerprint density at radius 1 is 1.02 bits per heavy atom. The number of piperidine rings is 1. The van der Waals surface area contributed by atoms with Gasteiger partial charge in [-0.3, -0.25) is 10.1 Å². The van der Waals surface area contributed by atoms with Gasteiger partial charge in [0.2, 0.25) is 5.91 Å². The number of likely N-dealkylation sites (N-methyl/N-ethyl adjacent to an activating group) is 1. The number of ether oxygens (including phenoxy) is 2. The van der Waals surface area contributed by atoms with Gasteiger partial charge in [-0.05, 0) is 44.2 Å². The molecular weight excluding hydrogens is 578 g/mol. The second-order valence-electron chi connectivity index (χ2n) is 10.8. The average Bonchev–Trinajstić information content (AvgIpc) is 3.52. The van der Waals surface area contributed by atoms with Gasteiger partial charge in [-0.1, -0.05) is 66.3 Å². The number of hydrogen-bond donors (Lipinski definition) is 2. The van der Waals surface area contributed by atoms with Crippen molar-refractivity contribution in [2.24, 2.45) is 0 Å². The molecule has 0 spiro atoms. The van der Waals surface area contributed by atoms with Crippen molar-refractivity contribution in [1.82, 2.24) is 14.8 Å².